The van der Waals surface area contributed by atoms with Gasteiger partial charge in [0.15, 0.2) is 17.6 Å². The molecule has 1 aromatic rings. The number of allylic oxidation sites excluding steroid dienone is 2. The Morgan fingerprint density at radius 1 is 1.08 bits per heavy atom. The van der Waals surface area contributed by atoms with Gasteiger partial charge < -0.3 is 20.3 Å². The van der Waals surface area contributed by atoms with Crippen LogP contribution in [0.3, 0.4) is 0 Å². The van der Waals surface area contributed by atoms with Crippen LogP contribution in [0.5, 0.6) is 11.5 Å². The van der Waals surface area contributed by atoms with E-state index in [-0.39, 0.29) is 12.0 Å². The van der Waals surface area contributed by atoms with Crippen molar-refractivity contribution in [3.05, 3.63) is 46.7 Å². The zero-order valence-corrected chi connectivity index (χ0v) is 15.7. The van der Waals surface area contributed by atoms with E-state index in [1.54, 1.807) is 13.2 Å². The van der Waals surface area contributed by atoms with E-state index in [1.165, 1.54) is 23.7 Å². The molecule has 0 saturated carbocycles. The number of hydrogen-bond acceptors (Lipinski definition) is 4. The zero-order chi connectivity index (χ0) is 18.3. The average molecular weight is 333 g/mol. The van der Waals surface area contributed by atoms with E-state index < -0.39 is 0 Å². The van der Waals surface area contributed by atoms with E-state index in [0.717, 1.165) is 24.3 Å². The zero-order valence-electron chi connectivity index (χ0n) is 15.7. The molecule has 3 N–H and O–H groups in total. The minimum absolute atomic E-state index is 0.184. The van der Waals surface area contributed by atoms with E-state index in [9.17, 15) is 5.11 Å². The molecule has 0 saturated heterocycles. The first-order chi connectivity index (χ1) is 11.8. The molecule has 4 rings (SSSR count). The number of aliphatic hydroxyl groups is 1. The third-order valence-corrected chi connectivity index (χ3v) is 4.17. The maximum atomic E-state index is 10.00. The van der Waals surface area contributed by atoms with Crippen molar-refractivity contribution in [1.82, 2.24) is 0 Å². The summed E-state index contributed by atoms with van der Waals surface area (Å²) >= 11 is 0. The van der Waals surface area contributed by atoms with E-state index in [4.69, 9.17) is 9.47 Å². The van der Waals surface area contributed by atoms with Crippen LogP contribution in [0.4, 0.5) is 0 Å². The number of rotatable bonds is 1. The number of hydrogen-bond donors (Lipinski definition) is 2. The molecule has 1 aromatic carbocycles. The quantitative estimate of drug-likeness (QED) is 0.794. The summed E-state index contributed by atoms with van der Waals surface area (Å²) in [6.07, 6.45) is 5.64. The van der Waals surface area contributed by atoms with Crippen LogP contribution >= 0.6 is 0 Å². The summed E-state index contributed by atoms with van der Waals surface area (Å²) < 4.78 is 11.3. The highest BCUT2D eigenvalue weighted by Crippen LogP contribution is 2.54. The van der Waals surface area contributed by atoms with Crippen LogP contribution in [-0.4, -0.2) is 25.4 Å². The Morgan fingerprint density at radius 2 is 1.75 bits per heavy atom. The highest BCUT2D eigenvalue weighted by atomic mass is 16.5. The van der Waals surface area contributed by atoms with Crippen molar-refractivity contribution >= 4 is 0 Å². The summed E-state index contributed by atoms with van der Waals surface area (Å²) in [6, 6.07) is 4.08. The molecule has 134 valence electrons. The van der Waals surface area contributed by atoms with E-state index in [0.29, 0.717) is 5.76 Å². The Labute approximate surface area is 146 Å². The molecule has 4 nitrogen and oxygen atoms in total. The molecular formula is C20H31NO3. The Bertz CT molecular complexity index is 605. The molecule has 24 heavy (non-hydrogen) atoms. The highest BCUT2D eigenvalue weighted by Gasteiger charge is 2.45. The van der Waals surface area contributed by atoms with Gasteiger partial charge in [-0.1, -0.05) is 45.4 Å². The summed E-state index contributed by atoms with van der Waals surface area (Å²) in [5.74, 6) is 2.08. The van der Waals surface area contributed by atoms with Gasteiger partial charge in [-0.2, -0.15) is 0 Å². The van der Waals surface area contributed by atoms with Gasteiger partial charge in [-0.25, -0.2) is 0 Å². The maximum Gasteiger partial charge on any atom is 0.166 e. The lowest BCUT2D eigenvalue weighted by Crippen LogP contribution is -2.27. The number of aliphatic hydroxyl groups excluding tert-OH is 1. The smallest absolute Gasteiger partial charge is 0.166 e. The summed E-state index contributed by atoms with van der Waals surface area (Å²) in [4.78, 5) is 0. The molecule has 2 unspecified atom stereocenters. The van der Waals surface area contributed by atoms with Crippen LogP contribution in [0.15, 0.2) is 35.6 Å². The average Bonchev–Trinajstić information content (AvgIpc) is 3.09. The normalized spacial score (nSPS) is 21.0. The monoisotopic (exact) mass is 333 g/mol. The second kappa shape index (κ2) is 9.38. The van der Waals surface area contributed by atoms with Crippen molar-refractivity contribution in [2.75, 3.05) is 14.2 Å². The molecule has 3 aliphatic rings. The van der Waals surface area contributed by atoms with Gasteiger partial charge in [0, 0.05) is 5.56 Å². The standard InChI is InChI=1S/C15H14O3.2C2H6.CH5N/c1-17-11-7-5-9-3-2-8-4-6-10(16)14-12(8)13(9)15(11)18-14;3*1-2/h4-7,12,14,16H,2-3H2,1H3;2*1-2H3;2H2,1H3. The van der Waals surface area contributed by atoms with Gasteiger partial charge in [-0.3, -0.25) is 0 Å². The van der Waals surface area contributed by atoms with Gasteiger partial charge in [0.2, 0.25) is 0 Å². The fourth-order valence-corrected chi connectivity index (χ4v) is 3.33. The predicted molar refractivity (Wildman–Crippen MR) is 100 cm³/mol. The molecule has 1 aliphatic heterocycles. The van der Waals surface area contributed by atoms with E-state index in [1.807, 2.05) is 39.8 Å². The Balaban J connectivity index is 0.000000436. The molecule has 0 amide bonds. The summed E-state index contributed by atoms with van der Waals surface area (Å²) in [6.45, 7) is 8.00. The van der Waals surface area contributed by atoms with Gasteiger partial charge in [0.25, 0.3) is 0 Å². The number of benzene rings is 1. The van der Waals surface area contributed by atoms with Crippen molar-refractivity contribution in [3.8, 4) is 11.5 Å². The van der Waals surface area contributed by atoms with Gasteiger partial charge >= 0.3 is 0 Å². The largest absolute Gasteiger partial charge is 0.508 e. The van der Waals surface area contributed by atoms with Crippen LogP contribution in [-0.2, 0) is 6.42 Å². The van der Waals surface area contributed by atoms with Gasteiger partial charge in [0.05, 0.1) is 13.0 Å². The first kappa shape index (κ1) is 20.1. The predicted octanol–water partition coefficient (Wildman–Crippen LogP) is 4.50. The van der Waals surface area contributed by atoms with Crippen LogP contribution in [0.25, 0.3) is 0 Å². The summed E-state index contributed by atoms with van der Waals surface area (Å²) in [5.41, 5.74) is 8.40. The van der Waals surface area contributed by atoms with Crippen molar-refractivity contribution in [3.63, 3.8) is 0 Å². The Kier molecular flexibility index (Phi) is 7.86. The van der Waals surface area contributed by atoms with Gasteiger partial charge in [-0.05, 0) is 37.6 Å². The number of aryl methyl sites for hydroxylation is 1. The molecule has 0 fully saturated rings. The molecule has 4 heteroatoms. The summed E-state index contributed by atoms with van der Waals surface area (Å²) in [5, 5.41) is 10.00. The lowest BCUT2D eigenvalue weighted by Gasteiger charge is -2.28. The first-order valence-electron chi connectivity index (χ1n) is 8.83. The third-order valence-electron chi connectivity index (χ3n) is 4.17. The lowest BCUT2D eigenvalue weighted by molar-refractivity contribution is 0.178. The lowest BCUT2D eigenvalue weighted by atomic mass is 9.75. The topological polar surface area (TPSA) is 64.7 Å². The second-order valence-corrected chi connectivity index (χ2v) is 5.02. The number of ether oxygens (including phenoxy) is 2. The van der Waals surface area contributed by atoms with Crippen molar-refractivity contribution in [1.29, 1.82) is 0 Å². The van der Waals surface area contributed by atoms with Crippen LogP contribution in [0.1, 0.15) is 51.2 Å². The van der Waals surface area contributed by atoms with E-state index in [2.05, 4.69) is 11.8 Å². The third kappa shape index (κ3) is 3.29. The van der Waals surface area contributed by atoms with Crippen LogP contribution in [0, 0.1) is 0 Å². The number of nitrogens with two attached hydrogens (primary N) is 1. The molecule has 1 heterocycles. The minimum atomic E-state index is -0.254. The van der Waals surface area contributed by atoms with Crippen LogP contribution in [0.2, 0.25) is 0 Å². The summed E-state index contributed by atoms with van der Waals surface area (Å²) in [7, 11) is 3.15. The minimum Gasteiger partial charge on any atom is -0.508 e. The molecule has 2 aliphatic carbocycles. The maximum absolute atomic E-state index is 10.00. The van der Waals surface area contributed by atoms with Crippen molar-refractivity contribution in [2.24, 2.45) is 5.73 Å². The second-order valence-electron chi connectivity index (χ2n) is 5.02. The fourth-order valence-electron chi connectivity index (χ4n) is 3.33. The van der Waals surface area contributed by atoms with Crippen molar-refractivity contribution < 1.29 is 14.6 Å². The van der Waals surface area contributed by atoms with Gasteiger partial charge in [0.1, 0.15) is 5.76 Å². The van der Waals surface area contributed by atoms with Crippen LogP contribution < -0.4 is 15.2 Å². The van der Waals surface area contributed by atoms with Crippen molar-refractivity contribution in [2.45, 2.75) is 52.6 Å². The first-order valence-corrected chi connectivity index (χ1v) is 8.83. The van der Waals surface area contributed by atoms with Gasteiger partial charge in [-0.15, -0.1) is 0 Å². The molecular weight excluding hydrogens is 302 g/mol. The Morgan fingerprint density at radius 3 is 2.38 bits per heavy atom. The Hall–Kier alpha value is -1.94. The molecule has 0 aromatic heterocycles. The number of methoxy groups -OCH3 is 1. The molecule has 0 bridgehead atoms. The van der Waals surface area contributed by atoms with E-state index >= 15 is 0 Å². The molecule has 0 spiro atoms. The fraction of sp³-hybridized carbons (Fsp3) is 0.500. The SMILES string of the molecule is CC.CC.CN.COc1ccc2c3c1OC1C(O)=CC=C(CC2)C31. The highest BCUT2D eigenvalue weighted by molar-refractivity contribution is 5.61. The molecule has 2 atom stereocenters. The molecule has 0 radical (unpaired) electrons.